The molecule has 1 saturated heterocycles. The van der Waals surface area contributed by atoms with Crippen LogP contribution in [0.15, 0.2) is 12.1 Å². The summed E-state index contributed by atoms with van der Waals surface area (Å²) in [6, 6.07) is 4.36. The Balaban J connectivity index is 0.00000210. The van der Waals surface area contributed by atoms with Gasteiger partial charge < -0.3 is 15.5 Å². The molecular formula is C20H32ClN5O. The third-order valence-electron chi connectivity index (χ3n) is 6.68. The van der Waals surface area contributed by atoms with E-state index in [0.29, 0.717) is 23.8 Å². The van der Waals surface area contributed by atoms with Gasteiger partial charge in [0.15, 0.2) is 5.82 Å². The number of rotatable bonds is 2. The predicted octanol–water partition coefficient (Wildman–Crippen LogP) is 2.40. The summed E-state index contributed by atoms with van der Waals surface area (Å²) >= 11 is 0. The van der Waals surface area contributed by atoms with Crippen LogP contribution >= 0.6 is 12.4 Å². The summed E-state index contributed by atoms with van der Waals surface area (Å²) in [4.78, 5) is 17.5. The zero-order valence-corrected chi connectivity index (χ0v) is 17.0. The van der Waals surface area contributed by atoms with Crippen LogP contribution in [0.4, 0.5) is 5.82 Å². The van der Waals surface area contributed by atoms with Crippen LogP contribution in [-0.4, -0.2) is 53.2 Å². The van der Waals surface area contributed by atoms with E-state index in [1.165, 1.54) is 19.3 Å². The maximum atomic E-state index is 13.2. The number of hydrogen-bond donors (Lipinski definition) is 1. The molecule has 27 heavy (non-hydrogen) atoms. The van der Waals surface area contributed by atoms with Crippen molar-refractivity contribution < 1.29 is 4.79 Å². The molecule has 7 heteroatoms. The number of nitrogens with zero attached hydrogens (tertiary/aromatic N) is 4. The lowest BCUT2D eigenvalue weighted by Gasteiger charge is -2.44. The maximum Gasteiger partial charge on any atom is 0.225 e. The van der Waals surface area contributed by atoms with Gasteiger partial charge >= 0.3 is 0 Å². The van der Waals surface area contributed by atoms with Gasteiger partial charge in [0.25, 0.3) is 0 Å². The quantitative estimate of drug-likeness (QED) is 0.834. The number of amides is 1. The van der Waals surface area contributed by atoms with Crippen LogP contribution in [0.25, 0.3) is 0 Å². The molecule has 2 saturated carbocycles. The second-order valence-electron chi connectivity index (χ2n) is 8.40. The molecule has 3 aliphatic rings. The lowest BCUT2D eigenvalue weighted by atomic mass is 9.65. The lowest BCUT2D eigenvalue weighted by Crippen LogP contribution is -2.50. The van der Waals surface area contributed by atoms with Gasteiger partial charge in [-0.15, -0.1) is 17.5 Å². The normalized spacial score (nSPS) is 31.0. The molecular weight excluding hydrogens is 362 g/mol. The Morgan fingerprint density at radius 1 is 1.04 bits per heavy atom. The van der Waals surface area contributed by atoms with Gasteiger partial charge in [0.05, 0.1) is 5.69 Å². The molecule has 0 spiro atoms. The Morgan fingerprint density at radius 2 is 1.78 bits per heavy atom. The molecule has 2 N–H and O–H groups in total. The second kappa shape index (κ2) is 8.74. The van der Waals surface area contributed by atoms with Crippen molar-refractivity contribution in [3.8, 4) is 0 Å². The molecule has 2 unspecified atom stereocenters. The van der Waals surface area contributed by atoms with Crippen molar-refractivity contribution in [1.82, 2.24) is 15.1 Å². The molecule has 150 valence electrons. The van der Waals surface area contributed by atoms with E-state index in [4.69, 9.17) is 5.73 Å². The predicted molar refractivity (Wildman–Crippen MR) is 109 cm³/mol. The maximum absolute atomic E-state index is 13.2. The number of carbonyl (C=O) groups excluding carboxylic acids is 1. The molecule has 3 fully saturated rings. The Bertz CT molecular complexity index is 626. The fourth-order valence-electron chi connectivity index (χ4n) is 5.18. The Hall–Kier alpha value is -1.40. The van der Waals surface area contributed by atoms with Crippen LogP contribution in [0.1, 0.15) is 44.2 Å². The van der Waals surface area contributed by atoms with E-state index in [1.54, 1.807) is 0 Å². The minimum absolute atomic E-state index is 0. The van der Waals surface area contributed by atoms with Gasteiger partial charge in [-0.2, -0.15) is 5.10 Å². The van der Waals surface area contributed by atoms with Gasteiger partial charge in [0.1, 0.15) is 0 Å². The summed E-state index contributed by atoms with van der Waals surface area (Å²) < 4.78 is 0. The largest absolute Gasteiger partial charge is 0.353 e. The van der Waals surface area contributed by atoms with E-state index in [1.807, 2.05) is 19.1 Å². The van der Waals surface area contributed by atoms with Crippen molar-refractivity contribution in [2.45, 2.75) is 51.5 Å². The number of nitrogens with two attached hydrogens (primary N) is 1. The van der Waals surface area contributed by atoms with E-state index in [0.717, 1.165) is 57.0 Å². The van der Waals surface area contributed by atoms with Crippen LogP contribution in [-0.2, 0) is 4.79 Å². The molecule has 2 bridgehead atoms. The fourth-order valence-corrected chi connectivity index (χ4v) is 5.18. The lowest BCUT2D eigenvalue weighted by molar-refractivity contribution is -0.138. The first kappa shape index (κ1) is 20.3. The third-order valence-corrected chi connectivity index (χ3v) is 6.68. The fraction of sp³-hybridized carbons (Fsp3) is 0.750. The highest BCUT2D eigenvalue weighted by Crippen LogP contribution is 2.42. The van der Waals surface area contributed by atoms with Crippen molar-refractivity contribution >= 4 is 24.1 Å². The first-order chi connectivity index (χ1) is 12.6. The molecule has 1 amide bonds. The molecule has 2 heterocycles. The summed E-state index contributed by atoms with van der Waals surface area (Å²) in [6.07, 6.45) is 6.70. The van der Waals surface area contributed by atoms with E-state index >= 15 is 0 Å². The van der Waals surface area contributed by atoms with Crippen LogP contribution in [0.2, 0.25) is 0 Å². The van der Waals surface area contributed by atoms with Gasteiger partial charge in [0.2, 0.25) is 5.91 Å². The van der Waals surface area contributed by atoms with Gasteiger partial charge in [-0.3, -0.25) is 4.79 Å². The molecule has 0 aromatic carbocycles. The van der Waals surface area contributed by atoms with Crippen molar-refractivity contribution in [1.29, 1.82) is 0 Å². The minimum atomic E-state index is 0. The van der Waals surface area contributed by atoms with Crippen molar-refractivity contribution in [3.63, 3.8) is 0 Å². The molecule has 1 aliphatic heterocycles. The van der Waals surface area contributed by atoms with Crippen LogP contribution in [0.3, 0.4) is 0 Å². The standard InChI is InChI=1S/C20H31N5O.ClH/c1-14-6-7-18(23-22-14)24-8-3-9-25(11-10-24)20(26)17-12-15-4-2-5-16(13-17)19(15)21;/h6-7,15-17,19H,2-5,8-13,21H2,1H3;1H. The highest BCUT2D eigenvalue weighted by atomic mass is 35.5. The number of halogens is 1. The number of aryl methyl sites for hydroxylation is 1. The highest BCUT2D eigenvalue weighted by Gasteiger charge is 2.41. The van der Waals surface area contributed by atoms with E-state index in [-0.39, 0.29) is 18.3 Å². The van der Waals surface area contributed by atoms with Crippen molar-refractivity contribution in [3.05, 3.63) is 17.8 Å². The first-order valence-corrected chi connectivity index (χ1v) is 10.2. The SMILES string of the molecule is Cc1ccc(N2CCCN(C(=O)C3CC4CCCC(C3)C4N)CC2)nn1.Cl. The van der Waals surface area contributed by atoms with Crippen LogP contribution < -0.4 is 10.6 Å². The third kappa shape index (κ3) is 4.37. The Morgan fingerprint density at radius 3 is 2.44 bits per heavy atom. The van der Waals surface area contributed by atoms with Gasteiger partial charge in [0, 0.05) is 38.1 Å². The summed E-state index contributed by atoms with van der Waals surface area (Å²) in [5.41, 5.74) is 7.33. The van der Waals surface area contributed by atoms with Crippen molar-refractivity contribution in [2.75, 3.05) is 31.1 Å². The average molecular weight is 394 g/mol. The molecule has 1 aromatic rings. The number of anilines is 1. The first-order valence-electron chi connectivity index (χ1n) is 10.2. The number of aromatic nitrogens is 2. The van der Waals surface area contributed by atoms with Gasteiger partial charge in [-0.25, -0.2) is 0 Å². The molecule has 2 atom stereocenters. The number of carbonyl (C=O) groups is 1. The van der Waals surface area contributed by atoms with Crippen LogP contribution in [0, 0.1) is 24.7 Å². The molecule has 4 rings (SSSR count). The molecule has 1 aromatic heterocycles. The molecule has 6 nitrogen and oxygen atoms in total. The summed E-state index contributed by atoms with van der Waals surface area (Å²) in [6.45, 7) is 5.36. The summed E-state index contributed by atoms with van der Waals surface area (Å²) in [5.74, 6) is 2.59. The second-order valence-corrected chi connectivity index (χ2v) is 8.40. The van der Waals surface area contributed by atoms with E-state index < -0.39 is 0 Å². The minimum Gasteiger partial charge on any atom is -0.353 e. The zero-order valence-electron chi connectivity index (χ0n) is 16.2. The average Bonchev–Trinajstić information content (AvgIpc) is 2.88. The topological polar surface area (TPSA) is 75.3 Å². The Labute approximate surface area is 168 Å². The smallest absolute Gasteiger partial charge is 0.225 e. The number of hydrogen-bond acceptors (Lipinski definition) is 5. The zero-order chi connectivity index (χ0) is 18.1. The van der Waals surface area contributed by atoms with Crippen LogP contribution in [0.5, 0.6) is 0 Å². The summed E-state index contributed by atoms with van der Waals surface area (Å²) in [7, 11) is 0. The van der Waals surface area contributed by atoms with Gasteiger partial charge in [-0.05, 0) is 63.0 Å². The van der Waals surface area contributed by atoms with Crippen molar-refractivity contribution in [2.24, 2.45) is 23.5 Å². The van der Waals surface area contributed by atoms with E-state index in [9.17, 15) is 4.79 Å². The summed E-state index contributed by atoms with van der Waals surface area (Å²) in [5, 5.41) is 8.48. The Kier molecular flexibility index (Phi) is 6.58. The molecule has 0 radical (unpaired) electrons. The molecule has 2 aliphatic carbocycles. The monoisotopic (exact) mass is 393 g/mol. The van der Waals surface area contributed by atoms with Gasteiger partial charge in [-0.1, -0.05) is 6.42 Å². The van der Waals surface area contributed by atoms with E-state index in [2.05, 4.69) is 20.0 Å². The number of fused-ring (bicyclic) bond motifs is 2. The highest BCUT2D eigenvalue weighted by molar-refractivity contribution is 5.85.